The number of hydrogen-bond acceptors (Lipinski definition) is 7. The molecule has 0 radical (unpaired) electrons. The molecule has 0 fully saturated rings. The molecular weight excluding hydrogens is 388 g/mol. The van der Waals surface area contributed by atoms with Crippen molar-refractivity contribution in [1.82, 2.24) is 0 Å². The van der Waals surface area contributed by atoms with E-state index in [1.165, 1.54) is 6.07 Å². The maximum Gasteiger partial charge on any atom is 0.193 e. The average Bonchev–Trinajstić information content (AvgIpc) is 2.65. The van der Waals surface area contributed by atoms with Crippen LogP contribution in [0, 0.1) is 0 Å². The van der Waals surface area contributed by atoms with Crippen LogP contribution in [-0.2, 0) is 4.74 Å². The third kappa shape index (κ3) is 4.27. The maximum absolute atomic E-state index is 9.97. The van der Waals surface area contributed by atoms with Gasteiger partial charge < -0.3 is 20.7 Å². The number of thiocarbonyl (C=S) groups is 1. The van der Waals surface area contributed by atoms with Crippen molar-refractivity contribution in [2.45, 2.75) is 19.3 Å². The van der Waals surface area contributed by atoms with Gasteiger partial charge in [-0.1, -0.05) is 23.8 Å². The Hall–Kier alpha value is -2.07. The molecule has 1 aliphatic heterocycles. The summed E-state index contributed by atoms with van der Waals surface area (Å²) in [6.07, 6.45) is -1.23. The number of aliphatic hydroxyl groups excluding tert-OH is 1. The number of ether oxygens (including phenoxy) is 1. The van der Waals surface area contributed by atoms with Gasteiger partial charge in [0.05, 0.1) is 21.6 Å². The van der Waals surface area contributed by atoms with Crippen LogP contribution in [0.1, 0.15) is 18.5 Å². The Labute approximate surface area is 166 Å². The number of aromatic hydroxyl groups is 1. The van der Waals surface area contributed by atoms with Gasteiger partial charge >= 0.3 is 0 Å². The summed E-state index contributed by atoms with van der Waals surface area (Å²) in [5, 5.41) is 25.9. The molecule has 142 valence electrons. The summed E-state index contributed by atoms with van der Waals surface area (Å²) in [6, 6.07) is 10.1. The Kier molecular flexibility index (Phi) is 6.05. The molecule has 0 spiro atoms. The standard InChI is InChI=1S/C18H19ClN4O3S/c1-2-26-18(25)17(27)16-15(20)11-7-9(3-5-13(11)22-23-16)21-10-4-6-14(24)12(19)8-10/h3-8,15,18,21-22,24-25H,2,20H2,1H3/p+1. The minimum atomic E-state index is -1.23. The number of halogens is 1. The van der Waals surface area contributed by atoms with Crippen molar-refractivity contribution < 1.29 is 20.3 Å². The van der Waals surface area contributed by atoms with Crippen molar-refractivity contribution in [3.63, 3.8) is 0 Å². The van der Waals surface area contributed by atoms with E-state index >= 15 is 0 Å². The minimum absolute atomic E-state index is 0.0349. The Morgan fingerprint density at radius 3 is 2.78 bits per heavy atom. The predicted octanol–water partition coefficient (Wildman–Crippen LogP) is 2.08. The van der Waals surface area contributed by atoms with Crippen LogP contribution in [0.4, 0.5) is 17.1 Å². The summed E-state index contributed by atoms with van der Waals surface area (Å²) in [4.78, 5) is 0.155. The monoisotopic (exact) mass is 407 g/mol. The van der Waals surface area contributed by atoms with Crippen molar-refractivity contribution in [3.05, 3.63) is 47.0 Å². The van der Waals surface area contributed by atoms with Crippen LogP contribution < -0.4 is 16.5 Å². The summed E-state index contributed by atoms with van der Waals surface area (Å²) in [7, 11) is 0. The lowest BCUT2D eigenvalue weighted by atomic mass is 9.97. The lowest BCUT2D eigenvalue weighted by molar-refractivity contribution is -0.478. The molecule has 27 heavy (non-hydrogen) atoms. The van der Waals surface area contributed by atoms with Crippen molar-refractivity contribution in [1.29, 1.82) is 0 Å². The first-order valence-corrected chi connectivity index (χ1v) is 9.09. The predicted molar refractivity (Wildman–Crippen MR) is 109 cm³/mol. The van der Waals surface area contributed by atoms with Gasteiger partial charge in [-0.05, 0) is 19.1 Å². The summed E-state index contributed by atoms with van der Waals surface area (Å²) in [5.74, 6) is 0.0349. The number of nitrogens with one attached hydrogen (secondary N) is 1. The van der Waals surface area contributed by atoms with Crippen LogP contribution >= 0.6 is 23.8 Å². The second kappa shape index (κ2) is 8.30. The molecule has 0 bridgehead atoms. The minimum Gasteiger partial charge on any atom is -0.506 e. The Morgan fingerprint density at radius 2 is 2.07 bits per heavy atom. The highest BCUT2D eigenvalue weighted by molar-refractivity contribution is 7.82. The zero-order valence-electron chi connectivity index (χ0n) is 14.5. The van der Waals surface area contributed by atoms with Gasteiger partial charge in [-0.15, -0.1) is 0 Å². The number of hydrazone groups is 1. The van der Waals surface area contributed by atoms with E-state index in [2.05, 4.69) is 10.5 Å². The maximum atomic E-state index is 9.97. The molecule has 2 atom stereocenters. The largest absolute Gasteiger partial charge is 0.506 e. The SMILES string of the molecule is CCOC(O)C(=S)C1=NNc2ccc([NH2+]c3ccc(O)c(Cl)c3)cc2C1N. The van der Waals surface area contributed by atoms with E-state index in [4.69, 9.17) is 34.3 Å². The van der Waals surface area contributed by atoms with Crippen LogP contribution in [0.5, 0.6) is 5.75 Å². The van der Waals surface area contributed by atoms with Gasteiger partial charge in [-0.3, -0.25) is 10.7 Å². The number of phenols is 1. The first-order chi connectivity index (χ1) is 12.9. The Morgan fingerprint density at radius 1 is 1.37 bits per heavy atom. The Bertz CT molecular complexity index is 906. The lowest BCUT2D eigenvalue weighted by Crippen LogP contribution is -2.71. The third-order valence-electron chi connectivity index (χ3n) is 4.11. The number of rotatable bonds is 6. The summed E-state index contributed by atoms with van der Waals surface area (Å²) in [5.41, 5.74) is 12.9. The molecule has 7 nitrogen and oxygen atoms in total. The summed E-state index contributed by atoms with van der Waals surface area (Å²) < 4.78 is 5.13. The molecular formula is C18H20ClN4O3S+. The van der Waals surface area contributed by atoms with Gasteiger partial charge in [0, 0.05) is 36.4 Å². The topological polar surface area (TPSA) is 117 Å². The fraction of sp³-hybridized carbons (Fsp3) is 0.222. The van der Waals surface area contributed by atoms with Crippen molar-refractivity contribution in [3.8, 4) is 5.75 Å². The molecule has 2 aromatic rings. The van der Waals surface area contributed by atoms with Gasteiger partial charge in [0.2, 0.25) is 0 Å². The number of nitrogens with zero attached hydrogens (tertiary/aromatic N) is 1. The first-order valence-electron chi connectivity index (χ1n) is 8.31. The smallest absolute Gasteiger partial charge is 0.193 e. The van der Waals surface area contributed by atoms with E-state index in [0.717, 1.165) is 22.6 Å². The van der Waals surface area contributed by atoms with E-state index in [1.54, 1.807) is 19.1 Å². The summed E-state index contributed by atoms with van der Waals surface area (Å²) in [6.45, 7) is 2.09. The van der Waals surface area contributed by atoms with Gasteiger partial charge in [-0.2, -0.15) is 5.10 Å². The number of hydrogen-bond donors (Lipinski definition) is 5. The lowest BCUT2D eigenvalue weighted by Gasteiger charge is -2.25. The molecule has 0 amide bonds. The zero-order chi connectivity index (χ0) is 19.6. The average molecular weight is 408 g/mol. The number of anilines is 1. The van der Waals surface area contributed by atoms with Crippen LogP contribution in [-0.4, -0.2) is 33.7 Å². The second-order valence-corrected chi connectivity index (χ2v) is 6.81. The van der Waals surface area contributed by atoms with E-state index in [9.17, 15) is 10.2 Å². The Balaban J connectivity index is 1.83. The molecule has 7 N–H and O–H groups in total. The number of nitrogens with two attached hydrogens (primary N) is 2. The van der Waals surface area contributed by atoms with Gasteiger partial charge in [0.1, 0.15) is 22.8 Å². The van der Waals surface area contributed by atoms with Gasteiger partial charge in [0.15, 0.2) is 6.29 Å². The second-order valence-electron chi connectivity index (χ2n) is 5.96. The highest BCUT2D eigenvalue weighted by atomic mass is 35.5. The third-order valence-corrected chi connectivity index (χ3v) is 4.82. The highest BCUT2D eigenvalue weighted by Crippen LogP contribution is 2.30. The fourth-order valence-electron chi connectivity index (χ4n) is 2.74. The molecule has 0 saturated carbocycles. The first kappa shape index (κ1) is 19.7. The van der Waals surface area contributed by atoms with E-state index in [1.807, 2.05) is 23.5 Å². The quantitative estimate of drug-likeness (QED) is 0.216. The van der Waals surface area contributed by atoms with Crippen molar-refractivity contribution >= 4 is 51.5 Å². The molecule has 3 rings (SSSR count). The van der Waals surface area contributed by atoms with Crippen LogP contribution in [0.25, 0.3) is 0 Å². The van der Waals surface area contributed by atoms with E-state index < -0.39 is 12.3 Å². The van der Waals surface area contributed by atoms with Crippen molar-refractivity contribution in [2.24, 2.45) is 10.8 Å². The van der Waals surface area contributed by atoms with Crippen molar-refractivity contribution in [2.75, 3.05) is 12.0 Å². The zero-order valence-corrected chi connectivity index (χ0v) is 16.1. The molecule has 2 aromatic carbocycles. The summed E-state index contributed by atoms with van der Waals surface area (Å²) >= 11 is 11.2. The van der Waals surface area contributed by atoms with E-state index in [0.29, 0.717) is 12.3 Å². The van der Waals surface area contributed by atoms with E-state index in [-0.39, 0.29) is 15.6 Å². The number of quaternary nitrogens is 1. The molecule has 1 heterocycles. The van der Waals surface area contributed by atoms with Crippen LogP contribution in [0.3, 0.4) is 0 Å². The number of fused-ring (bicyclic) bond motifs is 1. The molecule has 0 saturated heterocycles. The molecule has 0 aliphatic carbocycles. The molecule has 1 aliphatic rings. The van der Waals surface area contributed by atoms with Crippen LogP contribution in [0.15, 0.2) is 41.5 Å². The van der Waals surface area contributed by atoms with Gasteiger partial charge in [-0.25, -0.2) is 0 Å². The van der Waals surface area contributed by atoms with Gasteiger partial charge in [0.25, 0.3) is 0 Å². The molecule has 0 aromatic heterocycles. The van der Waals surface area contributed by atoms with Crippen LogP contribution in [0.2, 0.25) is 5.02 Å². The number of benzene rings is 2. The molecule has 2 unspecified atom stereocenters. The normalized spacial score (nSPS) is 16.9. The molecule has 9 heteroatoms. The fourth-order valence-corrected chi connectivity index (χ4v) is 3.17. The number of aliphatic hydroxyl groups is 1. The highest BCUT2D eigenvalue weighted by Gasteiger charge is 2.29. The number of phenolic OH excluding ortho intramolecular Hbond substituents is 1.